The number of halogens is 2. The average Bonchev–Trinajstić information content (AvgIpc) is 3.42. The highest BCUT2D eigenvalue weighted by Gasteiger charge is 2.53. The van der Waals surface area contributed by atoms with Gasteiger partial charge in [0.05, 0.1) is 15.2 Å². The molecule has 1 fully saturated rings. The van der Waals surface area contributed by atoms with Crippen LogP contribution in [-0.2, 0) is 16.8 Å². The van der Waals surface area contributed by atoms with Crippen LogP contribution in [0.15, 0.2) is 58.8 Å². The average molecular weight is 518 g/mol. The summed E-state index contributed by atoms with van der Waals surface area (Å²) in [6, 6.07) is 16.0. The number of anilines is 1. The lowest BCUT2D eigenvalue weighted by Gasteiger charge is -2.16. The Morgan fingerprint density at radius 1 is 1.11 bits per heavy atom. The van der Waals surface area contributed by atoms with E-state index >= 15 is 0 Å². The minimum atomic E-state index is -3.73. The van der Waals surface area contributed by atoms with Gasteiger partial charge in [-0.1, -0.05) is 36.4 Å². The molecule has 2 amide bonds. The molecule has 1 aromatic heterocycles. The van der Waals surface area contributed by atoms with E-state index in [2.05, 4.69) is 14.8 Å². The number of carbonyl (C=O) groups excluding carboxylic acids is 2. The number of fused-ring (bicyclic) bond motifs is 1. The summed E-state index contributed by atoms with van der Waals surface area (Å²) in [6.45, 7) is 0.684. The molecule has 2 heterocycles. The molecule has 1 aliphatic heterocycles. The highest BCUT2D eigenvalue weighted by Crippen LogP contribution is 2.52. The molecular formula is C24H21F2N3O4S2. The Labute approximate surface area is 208 Å². The molecule has 0 radical (unpaired) electrons. The third-order valence-corrected chi connectivity index (χ3v) is 7.89. The molecule has 0 saturated heterocycles. The van der Waals surface area contributed by atoms with Crippen LogP contribution >= 0.6 is 23.3 Å². The minimum absolute atomic E-state index is 0.0782. The van der Waals surface area contributed by atoms with E-state index < -0.39 is 17.6 Å². The molecular weight excluding hydrogens is 496 g/mol. The molecule has 0 spiro atoms. The topological polar surface area (TPSA) is 93.9 Å². The van der Waals surface area contributed by atoms with E-state index in [0.717, 1.165) is 9.77 Å². The van der Waals surface area contributed by atoms with Crippen molar-refractivity contribution in [1.82, 2.24) is 4.31 Å². The third-order valence-electron chi connectivity index (χ3n) is 5.83. The van der Waals surface area contributed by atoms with Gasteiger partial charge in [0.1, 0.15) is 5.00 Å². The molecule has 35 heavy (non-hydrogen) atoms. The van der Waals surface area contributed by atoms with Crippen LogP contribution in [0.5, 0.6) is 11.5 Å². The van der Waals surface area contributed by atoms with Crippen LogP contribution in [0.3, 0.4) is 0 Å². The summed E-state index contributed by atoms with van der Waals surface area (Å²) in [6.07, 6.45) is -2.66. The first kappa shape index (κ1) is 23.6. The van der Waals surface area contributed by atoms with Crippen LogP contribution in [0, 0.1) is 0 Å². The lowest BCUT2D eigenvalue weighted by molar-refractivity contribution is -0.286. The number of nitrogens with zero attached hydrogens (tertiary/aromatic N) is 1. The molecule has 5 rings (SSSR count). The number of carbonyl (C=O) groups is 2. The fourth-order valence-corrected chi connectivity index (χ4v) is 6.22. The number of hydrogen-bond acceptors (Lipinski definition) is 7. The Hall–Kier alpha value is -3.15. The Morgan fingerprint density at radius 2 is 1.83 bits per heavy atom. The molecule has 1 aliphatic carbocycles. The zero-order chi connectivity index (χ0) is 24.8. The molecule has 11 heteroatoms. The lowest BCUT2D eigenvalue weighted by atomic mass is 9.94. The van der Waals surface area contributed by atoms with Gasteiger partial charge in [-0.25, -0.2) is 4.31 Å². The number of benzene rings is 2. The summed E-state index contributed by atoms with van der Waals surface area (Å²) in [5.41, 5.74) is 6.58. The van der Waals surface area contributed by atoms with Crippen molar-refractivity contribution in [1.29, 1.82) is 0 Å². The van der Waals surface area contributed by atoms with Crippen molar-refractivity contribution in [3.8, 4) is 11.5 Å². The van der Waals surface area contributed by atoms with Crippen LogP contribution in [0.4, 0.5) is 13.8 Å². The van der Waals surface area contributed by atoms with Gasteiger partial charge in [0.25, 0.3) is 5.91 Å². The van der Waals surface area contributed by atoms with Gasteiger partial charge >= 0.3 is 6.29 Å². The predicted molar refractivity (Wildman–Crippen MR) is 129 cm³/mol. The van der Waals surface area contributed by atoms with Gasteiger partial charge in [-0.2, -0.15) is 0 Å². The third kappa shape index (κ3) is 4.84. The fourth-order valence-electron chi connectivity index (χ4n) is 3.96. The van der Waals surface area contributed by atoms with Gasteiger partial charge in [0, 0.05) is 6.54 Å². The molecule has 0 atom stereocenters. The zero-order valence-corrected chi connectivity index (χ0v) is 20.2. The number of rotatable bonds is 8. The van der Waals surface area contributed by atoms with Gasteiger partial charge in [-0.3, -0.25) is 9.59 Å². The highest BCUT2D eigenvalue weighted by atomic mass is 32.2. The first-order chi connectivity index (χ1) is 16.6. The predicted octanol–water partition coefficient (Wildman–Crippen LogP) is 4.98. The Bertz CT molecular complexity index is 1300. The fraction of sp³-hybridized carbons (Fsp3) is 0.250. The molecule has 182 valence electrons. The second-order valence-electron chi connectivity index (χ2n) is 8.40. The van der Waals surface area contributed by atoms with E-state index in [1.807, 2.05) is 41.7 Å². The van der Waals surface area contributed by atoms with Crippen molar-refractivity contribution in [2.45, 2.75) is 35.3 Å². The van der Waals surface area contributed by atoms with E-state index in [9.17, 15) is 18.4 Å². The van der Waals surface area contributed by atoms with E-state index in [0.29, 0.717) is 30.0 Å². The standard InChI is InChI=1S/C24H21F2N3O4S2/c1-29(13-14-5-3-2-4-6-14)35-19-12-16(20(27)30)21(34-19)28-22(31)23(9-10-23)15-7-8-17-18(11-15)33-24(25,26)32-17/h2-8,11-12H,9-10,13H2,1H3,(H2,27,30)(H,28,31). The van der Waals surface area contributed by atoms with Gasteiger partial charge < -0.3 is 20.5 Å². The second-order valence-corrected chi connectivity index (χ2v) is 11.0. The maximum atomic E-state index is 13.4. The summed E-state index contributed by atoms with van der Waals surface area (Å²) in [5, 5.41) is 3.21. The monoisotopic (exact) mass is 517 g/mol. The highest BCUT2D eigenvalue weighted by molar-refractivity contribution is 7.99. The summed E-state index contributed by atoms with van der Waals surface area (Å²) >= 11 is 2.70. The van der Waals surface area contributed by atoms with Crippen molar-refractivity contribution in [3.05, 3.63) is 71.3 Å². The number of primary amides is 1. The first-order valence-corrected chi connectivity index (χ1v) is 12.3. The van der Waals surface area contributed by atoms with Gasteiger partial charge in [0.15, 0.2) is 11.5 Å². The molecule has 7 nitrogen and oxygen atoms in total. The number of nitrogens with one attached hydrogen (secondary N) is 1. The minimum Gasteiger partial charge on any atom is -0.395 e. The maximum Gasteiger partial charge on any atom is 0.586 e. The molecule has 2 aliphatic rings. The van der Waals surface area contributed by atoms with Crippen molar-refractivity contribution in [3.63, 3.8) is 0 Å². The zero-order valence-electron chi connectivity index (χ0n) is 18.5. The molecule has 1 saturated carbocycles. The lowest BCUT2D eigenvalue weighted by Crippen LogP contribution is -2.28. The van der Waals surface area contributed by atoms with Gasteiger partial charge in [0.2, 0.25) is 5.91 Å². The molecule has 0 bridgehead atoms. The smallest absolute Gasteiger partial charge is 0.395 e. The number of thiophene rings is 1. The Morgan fingerprint density at radius 3 is 2.51 bits per heavy atom. The largest absolute Gasteiger partial charge is 0.586 e. The Balaban J connectivity index is 1.32. The number of nitrogens with two attached hydrogens (primary N) is 1. The number of ether oxygens (including phenoxy) is 2. The number of hydrogen-bond donors (Lipinski definition) is 2. The second kappa shape index (κ2) is 8.81. The van der Waals surface area contributed by atoms with Crippen molar-refractivity contribution in [2.75, 3.05) is 12.4 Å². The number of amides is 2. The molecule has 3 N–H and O–H groups in total. The summed E-state index contributed by atoms with van der Waals surface area (Å²) < 4.78 is 38.6. The van der Waals surface area contributed by atoms with Gasteiger partial charge in [-0.05, 0) is 61.2 Å². The quantitative estimate of drug-likeness (QED) is 0.410. The Kier molecular flexibility index (Phi) is 5.94. The van der Waals surface area contributed by atoms with E-state index in [-0.39, 0.29) is 23.0 Å². The molecule has 3 aromatic rings. The van der Waals surface area contributed by atoms with E-state index in [1.165, 1.54) is 35.4 Å². The van der Waals surface area contributed by atoms with Crippen molar-refractivity contribution >= 4 is 40.1 Å². The summed E-state index contributed by atoms with van der Waals surface area (Å²) in [5.74, 6) is -1.17. The summed E-state index contributed by atoms with van der Waals surface area (Å²) in [7, 11) is 1.93. The first-order valence-electron chi connectivity index (χ1n) is 10.7. The van der Waals surface area contributed by atoms with Crippen LogP contribution < -0.4 is 20.5 Å². The van der Waals surface area contributed by atoms with Gasteiger partial charge in [-0.15, -0.1) is 20.1 Å². The summed E-state index contributed by atoms with van der Waals surface area (Å²) in [4.78, 5) is 25.3. The molecule has 0 unspecified atom stereocenters. The number of alkyl halides is 2. The van der Waals surface area contributed by atoms with E-state index in [4.69, 9.17) is 5.73 Å². The van der Waals surface area contributed by atoms with Crippen molar-refractivity contribution in [2.24, 2.45) is 5.73 Å². The van der Waals surface area contributed by atoms with Crippen molar-refractivity contribution < 1.29 is 27.8 Å². The van der Waals surface area contributed by atoms with Crippen LogP contribution in [0.1, 0.15) is 34.3 Å². The maximum absolute atomic E-state index is 13.4. The van der Waals surface area contributed by atoms with Crippen LogP contribution in [0.25, 0.3) is 0 Å². The van der Waals surface area contributed by atoms with Crippen LogP contribution in [-0.4, -0.2) is 29.5 Å². The normalized spacial score (nSPS) is 16.8. The van der Waals surface area contributed by atoms with E-state index in [1.54, 1.807) is 12.1 Å². The molecule has 2 aromatic carbocycles. The van der Waals surface area contributed by atoms with Crippen LogP contribution in [0.2, 0.25) is 0 Å². The SMILES string of the molecule is CN(Cc1ccccc1)Sc1cc(C(N)=O)c(NC(=O)C2(c3ccc4c(c3)OC(F)(F)O4)CC2)s1.